The van der Waals surface area contributed by atoms with Crippen LogP contribution in [0.2, 0.25) is 0 Å². The van der Waals surface area contributed by atoms with Gasteiger partial charge in [0, 0.05) is 65.2 Å². The van der Waals surface area contributed by atoms with Gasteiger partial charge in [0.1, 0.15) is 5.75 Å². The highest BCUT2D eigenvalue weighted by Gasteiger charge is 2.22. The van der Waals surface area contributed by atoms with Crippen molar-refractivity contribution in [3.63, 3.8) is 0 Å². The van der Waals surface area contributed by atoms with Gasteiger partial charge in [0.15, 0.2) is 0 Å². The highest BCUT2D eigenvalue weighted by Crippen LogP contribution is 2.34. The maximum absolute atomic E-state index is 13.9. The normalized spacial score (nSPS) is 11.8. The summed E-state index contributed by atoms with van der Waals surface area (Å²) in [5.74, 6) is 0.238. The second-order valence-corrected chi connectivity index (χ2v) is 13.6. The molecule has 0 spiro atoms. The molecule has 4 aromatic heterocycles. The molecule has 278 valence electrons. The quantitative estimate of drug-likeness (QED) is 0.129. The van der Waals surface area contributed by atoms with Crippen LogP contribution in [0.25, 0.3) is 45.2 Å². The Balaban J connectivity index is 1.02. The predicted octanol–water partition coefficient (Wildman–Crippen LogP) is 7.67. The second kappa shape index (κ2) is 14.9. The topological polar surface area (TPSA) is 148 Å². The summed E-state index contributed by atoms with van der Waals surface area (Å²) < 4.78 is 9.33. The zero-order chi connectivity index (χ0) is 38.9. The highest BCUT2D eigenvalue weighted by molar-refractivity contribution is 6.07. The van der Waals surface area contributed by atoms with Crippen molar-refractivity contribution in [3.05, 3.63) is 150 Å². The molecule has 0 aliphatic heterocycles. The van der Waals surface area contributed by atoms with Crippen molar-refractivity contribution in [1.82, 2.24) is 28.7 Å². The number of ether oxygens (including phenoxy) is 1. The van der Waals surface area contributed by atoms with Crippen LogP contribution < -0.4 is 15.4 Å². The number of anilines is 2. The number of rotatable bonds is 10. The van der Waals surface area contributed by atoms with Crippen molar-refractivity contribution in [2.45, 2.75) is 26.7 Å². The molecule has 0 saturated heterocycles. The molecule has 12 nitrogen and oxygen atoms in total. The number of hydrogen-bond acceptors (Lipinski definition) is 8. The van der Waals surface area contributed by atoms with Gasteiger partial charge in [-0.1, -0.05) is 48.5 Å². The Hall–Kier alpha value is -7.18. The van der Waals surface area contributed by atoms with Crippen LogP contribution in [0.5, 0.6) is 5.75 Å². The molecular weight excluding hydrogens is 705 g/mol. The van der Waals surface area contributed by atoms with Crippen molar-refractivity contribution in [2.24, 2.45) is 0 Å². The lowest BCUT2D eigenvalue weighted by molar-refractivity contribution is -0.118. The number of aliphatic hydroxyl groups excluding tert-OH is 1. The molecule has 12 heteroatoms. The average Bonchev–Trinajstić information content (AvgIpc) is 3.85. The van der Waals surface area contributed by atoms with Crippen LogP contribution in [-0.4, -0.2) is 59.4 Å². The van der Waals surface area contributed by atoms with E-state index in [4.69, 9.17) is 4.74 Å². The van der Waals surface area contributed by atoms with E-state index in [2.05, 4.69) is 30.6 Å². The maximum atomic E-state index is 13.9. The molecule has 0 aliphatic rings. The second-order valence-electron chi connectivity index (χ2n) is 13.6. The van der Waals surface area contributed by atoms with E-state index >= 15 is 0 Å². The minimum absolute atomic E-state index is 0.287. The summed E-state index contributed by atoms with van der Waals surface area (Å²) in [6, 6.07) is 26.3. The largest absolute Gasteiger partial charge is 0.497 e. The van der Waals surface area contributed by atoms with Crippen molar-refractivity contribution >= 4 is 34.7 Å². The van der Waals surface area contributed by atoms with E-state index in [0.717, 1.165) is 50.3 Å². The van der Waals surface area contributed by atoms with Crippen LogP contribution in [0.3, 0.4) is 0 Å². The molecule has 0 saturated carbocycles. The Morgan fingerprint density at radius 2 is 1.29 bits per heavy atom. The first-order chi connectivity index (χ1) is 27.2. The molecule has 0 bridgehead atoms. The number of nitrogens with one attached hydrogen (secondary N) is 2. The molecule has 0 fully saturated rings. The van der Waals surface area contributed by atoms with Crippen LogP contribution in [0, 0.1) is 20.8 Å². The first-order valence-electron chi connectivity index (χ1n) is 18.0. The van der Waals surface area contributed by atoms with E-state index in [9.17, 15) is 14.7 Å². The van der Waals surface area contributed by atoms with Crippen molar-refractivity contribution in [2.75, 3.05) is 24.4 Å². The Kier molecular flexibility index (Phi) is 9.55. The smallest absolute Gasteiger partial charge is 0.256 e. The Morgan fingerprint density at radius 1 is 0.732 bits per heavy atom. The van der Waals surface area contributed by atoms with E-state index in [1.807, 2.05) is 133 Å². The van der Waals surface area contributed by atoms with Crippen LogP contribution in [0.4, 0.5) is 11.4 Å². The molecule has 4 aromatic carbocycles. The average molecular weight is 743 g/mol. The van der Waals surface area contributed by atoms with Gasteiger partial charge in [-0.15, -0.1) is 0 Å². The van der Waals surface area contributed by atoms with E-state index < -0.39 is 5.92 Å². The van der Waals surface area contributed by atoms with Crippen LogP contribution >= 0.6 is 0 Å². The fourth-order valence-electron chi connectivity index (χ4n) is 6.76. The zero-order valence-corrected chi connectivity index (χ0v) is 31.2. The molecule has 4 heterocycles. The first-order valence-corrected chi connectivity index (χ1v) is 18.0. The minimum Gasteiger partial charge on any atom is -0.497 e. The third kappa shape index (κ3) is 6.96. The number of hydrogen-bond donors (Lipinski definition) is 3. The summed E-state index contributed by atoms with van der Waals surface area (Å²) in [6.45, 7) is 5.36. The van der Waals surface area contributed by atoms with E-state index in [1.165, 1.54) is 0 Å². The third-order valence-corrected chi connectivity index (χ3v) is 10.0. The Bertz CT molecular complexity index is 2710. The van der Waals surface area contributed by atoms with Gasteiger partial charge in [-0.25, -0.2) is 19.9 Å². The van der Waals surface area contributed by atoms with Gasteiger partial charge >= 0.3 is 0 Å². The minimum atomic E-state index is -0.824. The SMILES string of the molecule is COc1cc(C(=O)Nc2cc(-c3cn4cccnc4n3)ccc2C)c(C)c(-c2ccc(C(CO)C(=O)Nc3cc(-c4cn5cccnc5n4)ccc3C)cc2)c1. The number of fused-ring (bicyclic) bond motifs is 2. The molecule has 0 radical (unpaired) electrons. The number of nitrogens with zero attached hydrogens (tertiary/aromatic N) is 6. The first kappa shape index (κ1) is 35.8. The number of benzene rings is 4. The number of imidazole rings is 2. The van der Waals surface area contributed by atoms with Crippen molar-refractivity contribution < 1.29 is 19.4 Å². The number of aryl methyl sites for hydroxylation is 2. The number of carbonyl (C=O) groups is 2. The number of carbonyl (C=O) groups excluding carboxylic acids is 2. The lowest BCUT2D eigenvalue weighted by Gasteiger charge is -2.18. The van der Waals surface area contributed by atoms with Gasteiger partial charge in [0.2, 0.25) is 17.5 Å². The van der Waals surface area contributed by atoms with Crippen LogP contribution in [0.1, 0.15) is 38.5 Å². The summed E-state index contributed by atoms with van der Waals surface area (Å²) in [4.78, 5) is 45.4. The summed E-state index contributed by atoms with van der Waals surface area (Å²) in [6.07, 6.45) is 10.9. The fourth-order valence-corrected chi connectivity index (χ4v) is 6.76. The monoisotopic (exact) mass is 742 g/mol. The van der Waals surface area contributed by atoms with Gasteiger partial charge < -0.3 is 20.5 Å². The number of amides is 2. The van der Waals surface area contributed by atoms with E-state index in [1.54, 1.807) is 25.6 Å². The number of methoxy groups -OCH3 is 1. The molecule has 8 rings (SSSR count). The van der Waals surface area contributed by atoms with Crippen LogP contribution in [-0.2, 0) is 4.79 Å². The van der Waals surface area contributed by atoms with Crippen molar-refractivity contribution in [3.8, 4) is 39.4 Å². The number of aliphatic hydroxyl groups is 1. The van der Waals surface area contributed by atoms with E-state index in [0.29, 0.717) is 39.8 Å². The lowest BCUT2D eigenvalue weighted by atomic mass is 9.92. The zero-order valence-electron chi connectivity index (χ0n) is 31.2. The van der Waals surface area contributed by atoms with Crippen LogP contribution in [0.15, 0.2) is 122 Å². The molecule has 1 atom stereocenters. The summed E-state index contributed by atoms with van der Waals surface area (Å²) in [5.41, 5.74) is 9.66. The Morgan fingerprint density at radius 3 is 1.82 bits per heavy atom. The summed E-state index contributed by atoms with van der Waals surface area (Å²) in [5, 5.41) is 16.5. The van der Waals surface area contributed by atoms with Gasteiger partial charge in [-0.3, -0.25) is 18.4 Å². The van der Waals surface area contributed by atoms with Gasteiger partial charge in [0.05, 0.1) is 31.0 Å². The van der Waals surface area contributed by atoms with Crippen molar-refractivity contribution in [1.29, 1.82) is 0 Å². The summed E-state index contributed by atoms with van der Waals surface area (Å²) in [7, 11) is 1.56. The molecule has 1 unspecified atom stereocenters. The number of aromatic nitrogens is 6. The molecule has 56 heavy (non-hydrogen) atoms. The summed E-state index contributed by atoms with van der Waals surface area (Å²) >= 11 is 0. The molecular formula is C44H38N8O4. The standard InChI is InChI=1S/C44H38N8O4/c1-26-7-9-31(39-23-51-17-5-15-45-43(51)49-39)19-37(26)47-41(54)35-22-33(56-4)21-34(28(35)3)29-11-13-30(14-12-29)36(25-53)42(55)48-38-20-32(10-8-27(38)2)40-24-52-18-6-16-46-44(52)50-40/h5-24,36,53H,25H2,1-4H3,(H,47,54)(H,48,55). The lowest BCUT2D eigenvalue weighted by Crippen LogP contribution is -2.24. The fraction of sp³-hybridized carbons (Fsp3) is 0.136. The van der Waals surface area contributed by atoms with Gasteiger partial charge in [0.25, 0.3) is 5.91 Å². The Labute approximate surface area is 322 Å². The predicted molar refractivity (Wildman–Crippen MR) is 216 cm³/mol. The molecule has 3 N–H and O–H groups in total. The highest BCUT2D eigenvalue weighted by atomic mass is 16.5. The molecule has 0 aliphatic carbocycles. The molecule has 2 amide bonds. The van der Waals surface area contributed by atoms with Gasteiger partial charge in [-0.05, 0) is 90.6 Å². The molecule has 8 aromatic rings. The van der Waals surface area contributed by atoms with Gasteiger partial charge in [-0.2, -0.15) is 0 Å². The third-order valence-electron chi connectivity index (χ3n) is 10.0. The maximum Gasteiger partial charge on any atom is 0.256 e. The van der Waals surface area contributed by atoms with E-state index in [-0.39, 0.29) is 18.4 Å².